The molecule has 4 nitrogen and oxygen atoms in total. The van der Waals surface area contributed by atoms with Gasteiger partial charge in [-0.15, -0.1) is 0 Å². The molecule has 0 fully saturated rings. The maximum Gasteiger partial charge on any atom is 0.323 e. The molecule has 2 rings (SSSR count). The maximum absolute atomic E-state index is 11.5. The summed E-state index contributed by atoms with van der Waals surface area (Å²) in [5, 5.41) is 0. The second-order valence-electron chi connectivity index (χ2n) is 4.63. The lowest BCUT2D eigenvalue weighted by atomic mass is 10.1. The number of carbonyl (C=O) groups is 1. The summed E-state index contributed by atoms with van der Waals surface area (Å²) >= 11 is 0. The minimum absolute atomic E-state index is 0.337. The van der Waals surface area contributed by atoms with Gasteiger partial charge in [-0.25, -0.2) is 0 Å². The summed E-state index contributed by atoms with van der Waals surface area (Å²) < 4.78 is 10.7. The number of benzene rings is 2. The Bertz CT molecular complexity index is 584. The summed E-state index contributed by atoms with van der Waals surface area (Å²) in [6, 6.07) is 16.4. The molecule has 0 aliphatic rings. The highest BCUT2D eigenvalue weighted by Crippen LogP contribution is 2.22. The van der Waals surface area contributed by atoms with Crippen molar-refractivity contribution in [2.24, 2.45) is 5.73 Å². The first kappa shape index (κ1) is 15.1. The van der Waals surface area contributed by atoms with Gasteiger partial charge in [-0.2, -0.15) is 0 Å². The van der Waals surface area contributed by atoms with Crippen LogP contribution in [-0.4, -0.2) is 18.6 Å². The summed E-state index contributed by atoms with van der Waals surface area (Å²) in [4.78, 5) is 11.5. The van der Waals surface area contributed by atoms with E-state index in [2.05, 4.69) is 0 Å². The summed E-state index contributed by atoms with van der Waals surface area (Å²) in [6.45, 7) is 2.10. The molecule has 0 saturated carbocycles. The van der Waals surface area contributed by atoms with Crippen molar-refractivity contribution in [1.29, 1.82) is 0 Å². The van der Waals surface area contributed by atoms with Gasteiger partial charge in [0, 0.05) is 0 Å². The first-order chi connectivity index (χ1) is 10.2. The molecule has 0 amide bonds. The Morgan fingerprint density at radius 1 is 1.10 bits per heavy atom. The van der Waals surface area contributed by atoms with Crippen molar-refractivity contribution >= 4 is 5.97 Å². The second-order valence-corrected chi connectivity index (χ2v) is 4.63. The van der Waals surface area contributed by atoms with Crippen molar-refractivity contribution in [3.63, 3.8) is 0 Å². The van der Waals surface area contributed by atoms with Crippen LogP contribution in [0.1, 0.15) is 12.5 Å². The van der Waals surface area contributed by atoms with Crippen LogP contribution in [0.15, 0.2) is 54.6 Å². The Kier molecular flexibility index (Phi) is 5.35. The van der Waals surface area contributed by atoms with Crippen molar-refractivity contribution in [2.45, 2.75) is 19.4 Å². The number of rotatable bonds is 6. The van der Waals surface area contributed by atoms with Gasteiger partial charge in [-0.05, 0) is 43.2 Å². The number of esters is 1. The molecule has 0 heterocycles. The van der Waals surface area contributed by atoms with Gasteiger partial charge in [0.05, 0.1) is 6.61 Å². The molecular formula is C17H19NO3. The molecule has 21 heavy (non-hydrogen) atoms. The molecule has 2 aromatic rings. The van der Waals surface area contributed by atoms with Crippen molar-refractivity contribution in [3.05, 3.63) is 60.2 Å². The van der Waals surface area contributed by atoms with E-state index in [4.69, 9.17) is 15.2 Å². The monoisotopic (exact) mass is 285 g/mol. The van der Waals surface area contributed by atoms with Crippen molar-refractivity contribution in [1.82, 2.24) is 0 Å². The SMILES string of the molecule is CCOC(=O)C(N)Cc1cccc(Oc2ccccc2)c1. The topological polar surface area (TPSA) is 61.5 Å². The van der Waals surface area contributed by atoms with Crippen LogP contribution in [0.3, 0.4) is 0 Å². The minimum Gasteiger partial charge on any atom is -0.465 e. The fraction of sp³-hybridized carbons (Fsp3) is 0.235. The molecule has 0 saturated heterocycles. The molecule has 2 aromatic carbocycles. The van der Waals surface area contributed by atoms with E-state index >= 15 is 0 Å². The van der Waals surface area contributed by atoms with Gasteiger partial charge in [0.25, 0.3) is 0 Å². The number of nitrogens with two attached hydrogens (primary N) is 1. The lowest BCUT2D eigenvalue weighted by Gasteiger charge is -2.12. The van der Waals surface area contributed by atoms with E-state index < -0.39 is 6.04 Å². The third-order valence-corrected chi connectivity index (χ3v) is 2.92. The third-order valence-electron chi connectivity index (χ3n) is 2.92. The molecule has 0 aliphatic heterocycles. The predicted molar refractivity (Wildman–Crippen MR) is 81.3 cm³/mol. The Morgan fingerprint density at radius 3 is 2.52 bits per heavy atom. The van der Waals surface area contributed by atoms with Crippen LogP contribution in [0.2, 0.25) is 0 Å². The average molecular weight is 285 g/mol. The Hall–Kier alpha value is -2.33. The van der Waals surface area contributed by atoms with Crippen LogP contribution < -0.4 is 10.5 Å². The molecular weight excluding hydrogens is 266 g/mol. The lowest BCUT2D eigenvalue weighted by molar-refractivity contribution is -0.144. The molecule has 0 spiro atoms. The molecule has 110 valence electrons. The third kappa shape index (κ3) is 4.61. The number of carbonyl (C=O) groups excluding carboxylic acids is 1. The van der Waals surface area contributed by atoms with Gasteiger partial charge in [0.1, 0.15) is 17.5 Å². The van der Waals surface area contributed by atoms with Crippen LogP contribution in [0.25, 0.3) is 0 Å². The number of ether oxygens (including phenoxy) is 2. The average Bonchev–Trinajstić information content (AvgIpc) is 2.49. The summed E-state index contributed by atoms with van der Waals surface area (Å²) in [6.07, 6.45) is 0.421. The van der Waals surface area contributed by atoms with Gasteiger partial charge < -0.3 is 15.2 Å². The van der Waals surface area contributed by atoms with Gasteiger partial charge in [0.15, 0.2) is 0 Å². The van der Waals surface area contributed by atoms with Crippen molar-refractivity contribution in [2.75, 3.05) is 6.61 Å². The molecule has 4 heteroatoms. The van der Waals surface area contributed by atoms with Gasteiger partial charge >= 0.3 is 5.97 Å². The van der Waals surface area contributed by atoms with Crippen molar-refractivity contribution < 1.29 is 14.3 Å². The van der Waals surface area contributed by atoms with E-state index in [0.717, 1.165) is 17.1 Å². The first-order valence-corrected chi connectivity index (χ1v) is 6.93. The highest BCUT2D eigenvalue weighted by molar-refractivity contribution is 5.75. The Morgan fingerprint density at radius 2 is 1.81 bits per heavy atom. The summed E-state index contributed by atoms with van der Waals surface area (Å²) in [7, 11) is 0. The molecule has 1 unspecified atom stereocenters. The number of hydrogen-bond acceptors (Lipinski definition) is 4. The van der Waals surface area contributed by atoms with E-state index in [-0.39, 0.29) is 5.97 Å². The van der Waals surface area contributed by atoms with Crippen LogP contribution in [0.5, 0.6) is 11.5 Å². The largest absolute Gasteiger partial charge is 0.465 e. The van der Waals surface area contributed by atoms with Gasteiger partial charge in [-0.1, -0.05) is 30.3 Å². The predicted octanol–water partition coefficient (Wildman–Crippen LogP) is 2.91. The second kappa shape index (κ2) is 7.45. The van der Waals surface area contributed by atoms with E-state index in [1.807, 2.05) is 54.6 Å². The number of para-hydroxylation sites is 1. The minimum atomic E-state index is -0.656. The van der Waals surface area contributed by atoms with E-state index in [1.165, 1.54) is 0 Å². The van der Waals surface area contributed by atoms with Crippen LogP contribution >= 0.6 is 0 Å². The van der Waals surface area contributed by atoms with E-state index in [0.29, 0.717) is 13.0 Å². The zero-order valence-corrected chi connectivity index (χ0v) is 12.0. The highest BCUT2D eigenvalue weighted by Gasteiger charge is 2.15. The smallest absolute Gasteiger partial charge is 0.323 e. The Balaban J connectivity index is 2.02. The molecule has 0 bridgehead atoms. The molecule has 0 aromatic heterocycles. The van der Waals surface area contributed by atoms with Crippen LogP contribution in [0, 0.1) is 0 Å². The fourth-order valence-corrected chi connectivity index (χ4v) is 1.95. The quantitative estimate of drug-likeness (QED) is 0.829. The maximum atomic E-state index is 11.5. The molecule has 2 N–H and O–H groups in total. The van der Waals surface area contributed by atoms with E-state index in [9.17, 15) is 4.79 Å². The summed E-state index contributed by atoms with van der Waals surface area (Å²) in [5.41, 5.74) is 6.76. The van der Waals surface area contributed by atoms with Crippen molar-refractivity contribution in [3.8, 4) is 11.5 Å². The highest BCUT2D eigenvalue weighted by atomic mass is 16.5. The van der Waals surface area contributed by atoms with E-state index in [1.54, 1.807) is 6.92 Å². The lowest BCUT2D eigenvalue weighted by Crippen LogP contribution is -2.34. The zero-order chi connectivity index (χ0) is 15.1. The van der Waals surface area contributed by atoms with Crippen LogP contribution in [0.4, 0.5) is 0 Å². The van der Waals surface area contributed by atoms with Crippen LogP contribution in [-0.2, 0) is 16.0 Å². The molecule has 0 radical (unpaired) electrons. The fourth-order valence-electron chi connectivity index (χ4n) is 1.95. The molecule has 0 aliphatic carbocycles. The Labute approximate surface area is 124 Å². The van der Waals surface area contributed by atoms with Gasteiger partial charge in [-0.3, -0.25) is 4.79 Å². The van der Waals surface area contributed by atoms with Gasteiger partial charge in [0.2, 0.25) is 0 Å². The standard InChI is InChI=1S/C17H19NO3/c1-2-20-17(19)16(18)12-13-7-6-10-15(11-13)21-14-8-4-3-5-9-14/h3-11,16H,2,12,18H2,1H3. The zero-order valence-electron chi connectivity index (χ0n) is 12.0. The molecule has 1 atom stereocenters. The first-order valence-electron chi connectivity index (χ1n) is 6.93. The summed E-state index contributed by atoms with van der Waals surface area (Å²) in [5.74, 6) is 1.10. The number of hydrogen-bond donors (Lipinski definition) is 1. The normalized spacial score (nSPS) is 11.7.